The zero-order chi connectivity index (χ0) is 19.9. The lowest BCUT2D eigenvalue weighted by Gasteiger charge is -2.12. The number of rotatable bonds is 7. The maximum Gasteiger partial charge on any atom is 0.263 e. The summed E-state index contributed by atoms with van der Waals surface area (Å²) in [7, 11) is 0. The molecular weight excluding hydrogens is 370 g/mol. The molecule has 0 radical (unpaired) electrons. The highest BCUT2D eigenvalue weighted by atomic mass is 32.1. The second-order valence-corrected chi connectivity index (χ2v) is 7.59. The average molecular weight is 394 g/mol. The van der Waals surface area contributed by atoms with Gasteiger partial charge in [0.25, 0.3) is 11.8 Å². The monoisotopic (exact) mass is 393 g/mol. The van der Waals surface area contributed by atoms with E-state index >= 15 is 0 Å². The number of thiazole rings is 1. The lowest BCUT2D eigenvalue weighted by molar-refractivity contribution is 0.0937. The fourth-order valence-corrected chi connectivity index (χ4v) is 3.43. The van der Waals surface area contributed by atoms with Gasteiger partial charge in [0.05, 0.1) is 6.20 Å². The third-order valence-electron chi connectivity index (χ3n) is 4.38. The van der Waals surface area contributed by atoms with Crippen LogP contribution in [0.15, 0.2) is 60.8 Å². The van der Waals surface area contributed by atoms with Crippen LogP contribution >= 0.6 is 11.3 Å². The first-order chi connectivity index (χ1) is 13.6. The number of carbonyl (C=O) groups is 2. The molecule has 0 aliphatic heterocycles. The molecule has 2 amide bonds. The fraction of sp³-hybridized carbons (Fsp3) is 0.227. The van der Waals surface area contributed by atoms with E-state index in [-0.39, 0.29) is 17.9 Å². The molecule has 2 aromatic carbocycles. The van der Waals surface area contributed by atoms with Crippen LogP contribution in [-0.2, 0) is 6.54 Å². The molecule has 5 nitrogen and oxygen atoms in total. The largest absolute Gasteiger partial charge is 0.350 e. The van der Waals surface area contributed by atoms with E-state index in [1.54, 1.807) is 18.3 Å². The van der Waals surface area contributed by atoms with Gasteiger partial charge < -0.3 is 10.6 Å². The van der Waals surface area contributed by atoms with Crippen LogP contribution in [0.25, 0.3) is 10.6 Å². The summed E-state index contributed by atoms with van der Waals surface area (Å²) >= 11 is 1.36. The van der Waals surface area contributed by atoms with Gasteiger partial charge in [-0.2, -0.15) is 0 Å². The Morgan fingerprint density at radius 2 is 1.86 bits per heavy atom. The Bertz CT molecular complexity index is 953. The minimum Gasteiger partial charge on any atom is -0.350 e. The molecule has 1 aromatic heterocycles. The Kier molecular flexibility index (Phi) is 6.55. The normalized spacial score (nSPS) is 11.6. The van der Waals surface area contributed by atoms with Crippen LogP contribution in [0.4, 0.5) is 0 Å². The van der Waals surface area contributed by atoms with Crippen molar-refractivity contribution in [2.75, 3.05) is 0 Å². The summed E-state index contributed by atoms with van der Waals surface area (Å²) in [5.41, 5.74) is 2.46. The van der Waals surface area contributed by atoms with Gasteiger partial charge in [-0.15, -0.1) is 11.3 Å². The molecule has 0 aliphatic carbocycles. The second kappa shape index (κ2) is 9.28. The van der Waals surface area contributed by atoms with Crippen LogP contribution in [0.2, 0.25) is 0 Å². The smallest absolute Gasteiger partial charge is 0.263 e. The number of hydrogen-bond donors (Lipinski definition) is 2. The Hall–Kier alpha value is -2.99. The summed E-state index contributed by atoms with van der Waals surface area (Å²) < 4.78 is 0. The topological polar surface area (TPSA) is 71.1 Å². The summed E-state index contributed by atoms with van der Waals surface area (Å²) in [4.78, 5) is 29.6. The molecule has 2 N–H and O–H groups in total. The van der Waals surface area contributed by atoms with Crippen molar-refractivity contribution in [3.05, 3.63) is 76.8 Å². The van der Waals surface area contributed by atoms with Crippen LogP contribution in [0.3, 0.4) is 0 Å². The van der Waals surface area contributed by atoms with Gasteiger partial charge in [-0.1, -0.05) is 49.4 Å². The highest BCUT2D eigenvalue weighted by Gasteiger charge is 2.12. The molecule has 0 saturated heterocycles. The molecule has 3 aromatic rings. The van der Waals surface area contributed by atoms with Gasteiger partial charge in [0.15, 0.2) is 0 Å². The molecular formula is C22H23N3O2S. The number of nitrogens with zero attached hydrogens (tertiary/aromatic N) is 1. The molecule has 0 fully saturated rings. The van der Waals surface area contributed by atoms with E-state index in [1.807, 2.05) is 56.3 Å². The molecule has 144 valence electrons. The molecule has 6 heteroatoms. The Morgan fingerprint density at radius 3 is 2.61 bits per heavy atom. The lowest BCUT2D eigenvalue weighted by Crippen LogP contribution is -2.32. The minimum absolute atomic E-state index is 0.0995. The van der Waals surface area contributed by atoms with Crippen LogP contribution < -0.4 is 10.6 Å². The molecule has 1 atom stereocenters. The van der Waals surface area contributed by atoms with Gasteiger partial charge in [0.2, 0.25) is 0 Å². The van der Waals surface area contributed by atoms with E-state index in [9.17, 15) is 9.59 Å². The van der Waals surface area contributed by atoms with Crippen LogP contribution in [0.5, 0.6) is 0 Å². The number of benzene rings is 2. The predicted octanol–water partition coefficient (Wildman–Crippen LogP) is 4.27. The summed E-state index contributed by atoms with van der Waals surface area (Å²) in [6.45, 7) is 4.35. The van der Waals surface area contributed by atoms with Crippen molar-refractivity contribution in [2.24, 2.45) is 0 Å². The van der Waals surface area contributed by atoms with Crippen LogP contribution in [-0.4, -0.2) is 22.8 Å². The van der Waals surface area contributed by atoms with Gasteiger partial charge in [-0.3, -0.25) is 9.59 Å². The Balaban J connectivity index is 1.61. The minimum atomic E-state index is -0.172. The first-order valence-corrected chi connectivity index (χ1v) is 10.1. The summed E-state index contributed by atoms with van der Waals surface area (Å²) in [6.07, 6.45) is 2.47. The van der Waals surface area contributed by atoms with E-state index in [0.29, 0.717) is 17.0 Å². The maximum atomic E-state index is 12.4. The molecule has 0 saturated carbocycles. The SMILES string of the molecule is CCC(C)NC(=O)c1cccc(CNC(=O)c2cnc(-c3ccccc3)s2)c1. The van der Waals surface area contributed by atoms with Crippen molar-refractivity contribution in [1.82, 2.24) is 15.6 Å². The van der Waals surface area contributed by atoms with E-state index in [1.165, 1.54) is 11.3 Å². The van der Waals surface area contributed by atoms with E-state index in [0.717, 1.165) is 22.6 Å². The van der Waals surface area contributed by atoms with Crippen molar-refractivity contribution >= 4 is 23.2 Å². The zero-order valence-electron chi connectivity index (χ0n) is 15.9. The third-order valence-corrected chi connectivity index (χ3v) is 5.43. The Morgan fingerprint density at radius 1 is 1.07 bits per heavy atom. The summed E-state index contributed by atoms with van der Waals surface area (Å²) in [5, 5.41) is 6.66. The van der Waals surface area contributed by atoms with Crippen molar-refractivity contribution in [2.45, 2.75) is 32.9 Å². The standard InChI is InChI=1S/C22H23N3O2S/c1-3-15(2)25-20(26)18-11-7-8-16(12-18)13-23-21(27)19-14-24-22(28-19)17-9-5-4-6-10-17/h4-12,14-15H,3,13H2,1-2H3,(H,23,27)(H,25,26). The summed E-state index contributed by atoms with van der Waals surface area (Å²) in [5.74, 6) is -0.272. The van der Waals surface area contributed by atoms with Gasteiger partial charge in [-0.25, -0.2) is 4.98 Å². The van der Waals surface area contributed by atoms with E-state index in [4.69, 9.17) is 0 Å². The van der Waals surface area contributed by atoms with Crippen LogP contribution in [0.1, 0.15) is 45.9 Å². The molecule has 0 aliphatic rings. The molecule has 28 heavy (non-hydrogen) atoms. The predicted molar refractivity (Wildman–Crippen MR) is 112 cm³/mol. The quantitative estimate of drug-likeness (QED) is 0.630. The van der Waals surface area contributed by atoms with Crippen molar-refractivity contribution in [1.29, 1.82) is 0 Å². The first-order valence-electron chi connectivity index (χ1n) is 9.26. The van der Waals surface area contributed by atoms with Crippen LogP contribution in [0, 0.1) is 0 Å². The first kappa shape index (κ1) is 19.8. The van der Waals surface area contributed by atoms with Gasteiger partial charge >= 0.3 is 0 Å². The zero-order valence-corrected chi connectivity index (χ0v) is 16.8. The van der Waals surface area contributed by atoms with Gasteiger partial charge in [-0.05, 0) is 31.0 Å². The summed E-state index contributed by atoms with van der Waals surface area (Å²) in [6, 6.07) is 17.2. The highest BCUT2D eigenvalue weighted by Crippen LogP contribution is 2.24. The highest BCUT2D eigenvalue weighted by molar-refractivity contribution is 7.16. The average Bonchev–Trinajstić information content (AvgIpc) is 3.23. The molecule has 3 rings (SSSR count). The van der Waals surface area contributed by atoms with Crippen molar-refractivity contribution in [3.8, 4) is 10.6 Å². The van der Waals surface area contributed by atoms with Gasteiger partial charge in [0, 0.05) is 23.7 Å². The third kappa shape index (κ3) is 5.04. The van der Waals surface area contributed by atoms with E-state index in [2.05, 4.69) is 15.6 Å². The number of hydrogen-bond acceptors (Lipinski definition) is 4. The second-order valence-electron chi connectivity index (χ2n) is 6.56. The molecule has 0 bridgehead atoms. The Labute approximate surface area is 168 Å². The van der Waals surface area contributed by atoms with E-state index < -0.39 is 0 Å². The van der Waals surface area contributed by atoms with Gasteiger partial charge in [0.1, 0.15) is 9.88 Å². The van der Waals surface area contributed by atoms with Crippen molar-refractivity contribution in [3.63, 3.8) is 0 Å². The maximum absolute atomic E-state index is 12.4. The fourth-order valence-electron chi connectivity index (χ4n) is 2.59. The molecule has 1 unspecified atom stereocenters. The number of nitrogens with one attached hydrogen (secondary N) is 2. The molecule has 1 heterocycles. The molecule has 0 spiro atoms. The number of aromatic nitrogens is 1. The number of carbonyl (C=O) groups excluding carboxylic acids is 2. The number of amides is 2. The lowest BCUT2D eigenvalue weighted by atomic mass is 10.1. The van der Waals surface area contributed by atoms with Crippen molar-refractivity contribution < 1.29 is 9.59 Å².